The van der Waals surface area contributed by atoms with Gasteiger partial charge in [-0.25, -0.2) is 13.2 Å². The molecule has 0 radical (unpaired) electrons. The lowest BCUT2D eigenvalue weighted by atomic mass is 10.0. The molecule has 174 valence electrons. The molecule has 0 heterocycles. The molecule has 2 amide bonds. The number of rotatable bonds is 5. The standard InChI is InChI=1S/C25H28N2O5S/c1-16(17-10-12-20(13-11-17)33(5,30)31)26-23(28)21-14-18-8-6-7-9-19(18)15-22(21)27-24(29)32-25(2,3)4/h6-16H,1-5H3,(H,26,28)(H,27,29)/t16-/m1/s1. The molecule has 0 saturated heterocycles. The lowest BCUT2D eigenvalue weighted by Crippen LogP contribution is -2.30. The van der Waals surface area contributed by atoms with Crippen LogP contribution in [0.5, 0.6) is 0 Å². The minimum atomic E-state index is -3.30. The van der Waals surface area contributed by atoms with Gasteiger partial charge < -0.3 is 10.1 Å². The Hall–Kier alpha value is -3.39. The summed E-state index contributed by atoms with van der Waals surface area (Å²) in [5.41, 5.74) is 0.688. The highest BCUT2D eigenvalue weighted by Gasteiger charge is 2.21. The molecule has 0 aliphatic carbocycles. The average Bonchev–Trinajstić information content (AvgIpc) is 2.71. The van der Waals surface area contributed by atoms with Crippen molar-refractivity contribution in [3.05, 3.63) is 71.8 Å². The molecule has 3 aromatic rings. The van der Waals surface area contributed by atoms with Gasteiger partial charge in [-0.05, 0) is 68.3 Å². The largest absolute Gasteiger partial charge is 0.444 e. The van der Waals surface area contributed by atoms with Crippen LogP contribution in [0.25, 0.3) is 10.8 Å². The van der Waals surface area contributed by atoms with E-state index in [1.165, 1.54) is 12.1 Å². The van der Waals surface area contributed by atoms with Crippen LogP contribution in [0.15, 0.2) is 65.6 Å². The fourth-order valence-electron chi connectivity index (χ4n) is 3.31. The van der Waals surface area contributed by atoms with Crippen LogP contribution < -0.4 is 10.6 Å². The third kappa shape index (κ3) is 6.32. The van der Waals surface area contributed by atoms with E-state index < -0.39 is 27.6 Å². The summed E-state index contributed by atoms with van der Waals surface area (Å²) in [6.45, 7) is 7.08. The number of anilines is 1. The molecule has 1 atom stereocenters. The van der Waals surface area contributed by atoms with Crippen LogP contribution in [0.3, 0.4) is 0 Å². The Balaban J connectivity index is 1.89. The Morgan fingerprint density at radius 1 is 0.939 bits per heavy atom. The number of hydrogen-bond acceptors (Lipinski definition) is 5. The minimum Gasteiger partial charge on any atom is -0.444 e. The highest BCUT2D eigenvalue weighted by Crippen LogP contribution is 2.26. The van der Waals surface area contributed by atoms with E-state index in [-0.39, 0.29) is 10.8 Å². The van der Waals surface area contributed by atoms with E-state index in [4.69, 9.17) is 4.74 Å². The molecule has 0 aliphatic heterocycles. The molecule has 0 fully saturated rings. The Morgan fingerprint density at radius 3 is 2.06 bits per heavy atom. The molecule has 33 heavy (non-hydrogen) atoms. The Labute approximate surface area is 194 Å². The summed E-state index contributed by atoms with van der Waals surface area (Å²) in [7, 11) is -3.30. The first-order valence-corrected chi connectivity index (χ1v) is 12.4. The van der Waals surface area contributed by atoms with Crippen molar-refractivity contribution in [3.63, 3.8) is 0 Å². The van der Waals surface area contributed by atoms with Crippen molar-refractivity contribution in [1.29, 1.82) is 0 Å². The van der Waals surface area contributed by atoms with Gasteiger partial charge in [0.15, 0.2) is 9.84 Å². The molecule has 0 aliphatic rings. The van der Waals surface area contributed by atoms with Crippen molar-refractivity contribution in [1.82, 2.24) is 5.32 Å². The maximum Gasteiger partial charge on any atom is 0.412 e. The third-order valence-electron chi connectivity index (χ3n) is 4.92. The van der Waals surface area contributed by atoms with Crippen LogP contribution in [-0.4, -0.2) is 32.3 Å². The summed E-state index contributed by atoms with van der Waals surface area (Å²) in [5, 5.41) is 7.32. The summed E-state index contributed by atoms with van der Waals surface area (Å²) < 4.78 is 28.7. The average molecular weight is 469 g/mol. The monoisotopic (exact) mass is 468 g/mol. The van der Waals surface area contributed by atoms with Crippen molar-refractivity contribution in [2.45, 2.75) is 44.2 Å². The topological polar surface area (TPSA) is 102 Å². The molecule has 0 unspecified atom stereocenters. The van der Waals surface area contributed by atoms with Gasteiger partial charge in [-0.2, -0.15) is 0 Å². The van der Waals surface area contributed by atoms with Crippen LogP contribution >= 0.6 is 0 Å². The summed E-state index contributed by atoms with van der Waals surface area (Å²) in [5.74, 6) is -0.383. The van der Waals surface area contributed by atoms with Gasteiger partial charge in [0.1, 0.15) is 5.60 Å². The zero-order chi connectivity index (χ0) is 24.4. The van der Waals surface area contributed by atoms with Gasteiger partial charge >= 0.3 is 6.09 Å². The highest BCUT2D eigenvalue weighted by molar-refractivity contribution is 7.90. The fraction of sp³-hybridized carbons (Fsp3) is 0.280. The maximum atomic E-state index is 13.2. The van der Waals surface area contributed by atoms with Crippen molar-refractivity contribution >= 4 is 38.3 Å². The lowest BCUT2D eigenvalue weighted by Gasteiger charge is -2.21. The second-order valence-electron chi connectivity index (χ2n) is 8.91. The van der Waals surface area contributed by atoms with E-state index in [2.05, 4.69) is 10.6 Å². The molecule has 7 nitrogen and oxygen atoms in total. The van der Waals surface area contributed by atoms with Gasteiger partial charge in [0, 0.05) is 6.26 Å². The molecular formula is C25H28N2O5S. The zero-order valence-corrected chi connectivity index (χ0v) is 20.1. The van der Waals surface area contributed by atoms with Crippen molar-refractivity contribution in [2.24, 2.45) is 0 Å². The second kappa shape index (κ2) is 9.23. The number of ether oxygens (including phenoxy) is 1. The smallest absolute Gasteiger partial charge is 0.412 e. The first kappa shape index (κ1) is 24.3. The van der Waals surface area contributed by atoms with Crippen LogP contribution in [0, 0.1) is 0 Å². The number of benzene rings is 3. The van der Waals surface area contributed by atoms with E-state index >= 15 is 0 Å². The molecule has 3 aromatic carbocycles. The van der Waals surface area contributed by atoms with E-state index in [0.29, 0.717) is 11.3 Å². The SMILES string of the molecule is C[C@@H](NC(=O)c1cc2ccccc2cc1NC(=O)OC(C)(C)C)c1ccc(S(C)(=O)=O)cc1. The van der Waals surface area contributed by atoms with Crippen LogP contribution in [0.1, 0.15) is 49.7 Å². The quantitative estimate of drug-likeness (QED) is 0.544. The summed E-state index contributed by atoms with van der Waals surface area (Å²) in [6, 6.07) is 16.9. The molecule has 2 N–H and O–H groups in total. The summed E-state index contributed by atoms with van der Waals surface area (Å²) in [6.07, 6.45) is 0.489. The number of hydrogen-bond donors (Lipinski definition) is 2. The van der Waals surface area contributed by atoms with E-state index in [1.807, 2.05) is 24.3 Å². The first-order chi connectivity index (χ1) is 15.3. The van der Waals surface area contributed by atoms with Gasteiger partial charge in [-0.1, -0.05) is 36.4 Å². The molecule has 0 saturated carbocycles. The second-order valence-corrected chi connectivity index (χ2v) is 10.9. The number of fused-ring (bicyclic) bond motifs is 1. The maximum absolute atomic E-state index is 13.2. The molecular weight excluding hydrogens is 440 g/mol. The number of sulfone groups is 1. The predicted molar refractivity (Wildman–Crippen MR) is 129 cm³/mol. The van der Waals surface area contributed by atoms with Crippen LogP contribution in [-0.2, 0) is 14.6 Å². The van der Waals surface area contributed by atoms with Crippen molar-refractivity contribution in [2.75, 3.05) is 11.6 Å². The Bertz CT molecular complexity index is 1290. The number of carbonyl (C=O) groups excluding carboxylic acids is 2. The van der Waals surface area contributed by atoms with Crippen LogP contribution in [0.2, 0.25) is 0 Å². The summed E-state index contributed by atoms with van der Waals surface area (Å²) in [4.78, 5) is 25.8. The molecule has 0 bridgehead atoms. The van der Waals surface area contributed by atoms with Crippen LogP contribution in [0.4, 0.5) is 10.5 Å². The van der Waals surface area contributed by atoms with Gasteiger partial charge in [0.2, 0.25) is 0 Å². The van der Waals surface area contributed by atoms with Gasteiger partial charge in [-0.3, -0.25) is 10.1 Å². The number of amides is 2. The van der Waals surface area contributed by atoms with E-state index in [1.54, 1.807) is 52.0 Å². The van der Waals surface area contributed by atoms with Gasteiger partial charge in [0.05, 0.1) is 22.2 Å². The van der Waals surface area contributed by atoms with Gasteiger partial charge in [-0.15, -0.1) is 0 Å². The molecule has 0 aromatic heterocycles. The zero-order valence-electron chi connectivity index (χ0n) is 19.3. The van der Waals surface area contributed by atoms with Gasteiger partial charge in [0.25, 0.3) is 5.91 Å². The molecule has 8 heteroatoms. The third-order valence-corrected chi connectivity index (χ3v) is 6.05. The van der Waals surface area contributed by atoms with Crippen molar-refractivity contribution in [3.8, 4) is 0 Å². The first-order valence-electron chi connectivity index (χ1n) is 10.5. The normalized spacial score (nSPS) is 12.8. The predicted octanol–water partition coefficient (Wildman–Crippen LogP) is 5.08. The van der Waals surface area contributed by atoms with E-state index in [0.717, 1.165) is 22.6 Å². The van der Waals surface area contributed by atoms with Crippen molar-refractivity contribution < 1.29 is 22.7 Å². The highest BCUT2D eigenvalue weighted by atomic mass is 32.2. The number of nitrogens with one attached hydrogen (secondary N) is 2. The molecule has 3 rings (SSSR count). The van der Waals surface area contributed by atoms with E-state index in [9.17, 15) is 18.0 Å². The lowest BCUT2D eigenvalue weighted by molar-refractivity contribution is 0.0636. The number of carbonyl (C=O) groups is 2. The Morgan fingerprint density at radius 2 is 1.52 bits per heavy atom. The molecule has 0 spiro atoms. The minimum absolute atomic E-state index is 0.211. The Kier molecular flexibility index (Phi) is 6.78. The fourth-order valence-corrected chi connectivity index (χ4v) is 3.94. The summed E-state index contributed by atoms with van der Waals surface area (Å²) >= 11 is 0.